The number of aryl methyl sites for hydroxylation is 1. The Kier molecular flexibility index (Phi) is 6.16. The number of sulfonamides is 1. The quantitative estimate of drug-likeness (QED) is 0.830. The van der Waals surface area contributed by atoms with Crippen molar-refractivity contribution < 1.29 is 13.2 Å². The van der Waals surface area contributed by atoms with Gasteiger partial charge in [0.15, 0.2) is 0 Å². The van der Waals surface area contributed by atoms with Gasteiger partial charge in [0.1, 0.15) is 0 Å². The van der Waals surface area contributed by atoms with E-state index in [0.29, 0.717) is 6.54 Å². The molecule has 0 aliphatic rings. The largest absolute Gasteiger partial charge is 0.355 e. The number of carbonyl (C=O) groups excluding carboxylic acids is 1. The molecule has 0 heterocycles. The minimum Gasteiger partial charge on any atom is -0.355 e. The topological polar surface area (TPSA) is 66.5 Å². The van der Waals surface area contributed by atoms with Gasteiger partial charge >= 0.3 is 0 Å². The summed E-state index contributed by atoms with van der Waals surface area (Å²) in [4.78, 5) is 11.9. The average Bonchev–Trinajstić information content (AvgIpc) is 2.42. The maximum Gasteiger partial charge on any atom is 0.243 e. The first-order valence-electron chi connectivity index (χ1n) is 6.75. The molecule has 5 nitrogen and oxygen atoms in total. The van der Waals surface area contributed by atoms with Crippen molar-refractivity contribution in [3.05, 3.63) is 29.8 Å². The van der Waals surface area contributed by atoms with Gasteiger partial charge in [-0.15, -0.1) is 0 Å². The van der Waals surface area contributed by atoms with E-state index in [9.17, 15) is 13.2 Å². The molecule has 0 bridgehead atoms. The average molecular weight is 298 g/mol. The summed E-state index contributed by atoms with van der Waals surface area (Å²) in [6, 6.07) is 6.63. The van der Waals surface area contributed by atoms with Gasteiger partial charge in [-0.1, -0.05) is 31.5 Å². The summed E-state index contributed by atoms with van der Waals surface area (Å²) in [5.41, 5.74) is 0.993. The molecule has 0 atom stereocenters. The van der Waals surface area contributed by atoms with Crippen LogP contribution in [0.25, 0.3) is 0 Å². The molecule has 0 aliphatic carbocycles. The van der Waals surface area contributed by atoms with Crippen LogP contribution >= 0.6 is 0 Å². The van der Waals surface area contributed by atoms with E-state index in [0.717, 1.165) is 12.0 Å². The van der Waals surface area contributed by atoms with Crippen LogP contribution in [0, 0.1) is 6.92 Å². The highest BCUT2D eigenvalue weighted by Crippen LogP contribution is 2.15. The van der Waals surface area contributed by atoms with E-state index in [1.807, 2.05) is 13.8 Å². The highest BCUT2D eigenvalue weighted by molar-refractivity contribution is 7.89. The van der Waals surface area contributed by atoms with Crippen LogP contribution in [0.4, 0.5) is 0 Å². The van der Waals surface area contributed by atoms with Crippen molar-refractivity contribution in [3.63, 3.8) is 0 Å². The maximum atomic E-state index is 12.4. The maximum absolute atomic E-state index is 12.4. The van der Waals surface area contributed by atoms with Crippen LogP contribution in [0.1, 0.15) is 25.8 Å². The SMILES string of the molecule is CCCNC(=O)CN(CC)S(=O)(=O)c1ccc(C)cc1. The fourth-order valence-corrected chi connectivity index (χ4v) is 3.11. The van der Waals surface area contributed by atoms with Crippen molar-refractivity contribution in [1.82, 2.24) is 9.62 Å². The zero-order chi connectivity index (χ0) is 15.2. The van der Waals surface area contributed by atoms with Gasteiger partial charge < -0.3 is 5.32 Å². The minimum absolute atomic E-state index is 0.146. The zero-order valence-electron chi connectivity index (χ0n) is 12.2. The first kappa shape index (κ1) is 16.7. The van der Waals surface area contributed by atoms with Crippen LogP contribution in [0.2, 0.25) is 0 Å². The summed E-state index contributed by atoms with van der Waals surface area (Å²) in [6.07, 6.45) is 0.822. The Morgan fingerprint density at radius 2 is 1.80 bits per heavy atom. The van der Waals surface area contributed by atoms with Gasteiger partial charge in [0.25, 0.3) is 0 Å². The second-order valence-electron chi connectivity index (χ2n) is 4.59. The Balaban J connectivity index is 2.87. The second kappa shape index (κ2) is 7.40. The van der Waals surface area contributed by atoms with Crippen LogP contribution in [0.15, 0.2) is 29.2 Å². The summed E-state index contributed by atoms with van der Waals surface area (Å²) >= 11 is 0. The Morgan fingerprint density at radius 3 is 2.30 bits per heavy atom. The lowest BCUT2D eigenvalue weighted by Gasteiger charge is -2.20. The molecule has 0 fully saturated rings. The van der Waals surface area contributed by atoms with Crippen molar-refractivity contribution in [3.8, 4) is 0 Å². The van der Waals surface area contributed by atoms with Gasteiger partial charge in [-0.25, -0.2) is 8.42 Å². The predicted octanol–water partition coefficient (Wildman–Crippen LogP) is 1.53. The lowest BCUT2D eigenvalue weighted by atomic mass is 10.2. The number of nitrogens with one attached hydrogen (secondary N) is 1. The standard InChI is InChI=1S/C14H22N2O3S/c1-4-10-15-14(17)11-16(5-2)20(18,19)13-8-6-12(3)7-9-13/h6-9H,4-5,10-11H2,1-3H3,(H,15,17). The predicted molar refractivity (Wildman–Crippen MR) is 78.9 cm³/mol. The van der Waals surface area contributed by atoms with Crippen LogP contribution in [-0.2, 0) is 14.8 Å². The van der Waals surface area contributed by atoms with Gasteiger partial charge in [0, 0.05) is 13.1 Å². The monoisotopic (exact) mass is 298 g/mol. The number of amides is 1. The number of hydrogen-bond acceptors (Lipinski definition) is 3. The smallest absolute Gasteiger partial charge is 0.243 e. The van der Waals surface area contributed by atoms with Crippen LogP contribution in [0.3, 0.4) is 0 Å². The Hall–Kier alpha value is -1.40. The highest BCUT2D eigenvalue weighted by atomic mass is 32.2. The van der Waals surface area contributed by atoms with Gasteiger partial charge in [-0.3, -0.25) is 4.79 Å². The molecule has 0 spiro atoms. The fraction of sp³-hybridized carbons (Fsp3) is 0.500. The first-order valence-corrected chi connectivity index (χ1v) is 8.19. The number of benzene rings is 1. The van der Waals surface area contributed by atoms with E-state index >= 15 is 0 Å². The van der Waals surface area contributed by atoms with E-state index in [1.165, 1.54) is 4.31 Å². The summed E-state index contributed by atoms with van der Waals surface area (Å²) in [6.45, 7) is 6.23. The van der Waals surface area contributed by atoms with E-state index in [1.54, 1.807) is 31.2 Å². The Bertz CT molecular complexity index is 538. The molecule has 0 saturated heterocycles. The molecule has 112 valence electrons. The molecule has 0 unspecified atom stereocenters. The van der Waals surface area contributed by atoms with Gasteiger partial charge in [0.2, 0.25) is 15.9 Å². The molecular weight excluding hydrogens is 276 g/mol. The van der Waals surface area contributed by atoms with Gasteiger partial charge in [-0.2, -0.15) is 4.31 Å². The number of hydrogen-bond donors (Lipinski definition) is 1. The van der Waals surface area contributed by atoms with E-state index in [4.69, 9.17) is 0 Å². The molecule has 0 aromatic heterocycles. The summed E-state index contributed by atoms with van der Waals surface area (Å²) in [7, 11) is -3.62. The van der Waals surface area contributed by atoms with Crippen LogP contribution in [-0.4, -0.2) is 38.3 Å². The first-order chi connectivity index (χ1) is 9.41. The molecule has 20 heavy (non-hydrogen) atoms. The van der Waals surface area contributed by atoms with Crippen LogP contribution < -0.4 is 5.32 Å². The van der Waals surface area contributed by atoms with Crippen molar-refractivity contribution >= 4 is 15.9 Å². The molecule has 1 aromatic rings. The molecule has 0 saturated carbocycles. The van der Waals surface area contributed by atoms with Gasteiger partial charge in [-0.05, 0) is 25.5 Å². The number of carbonyl (C=O) groups is 1. The summed E-state index contributed by atoms with van der Waals surface area (Å²) < 4.78 is 26.0. The highest BCUT2D eigenvalue weighted by Gasteiger charge is 2.24. The lowest BCUT2D eigenvalue weighted by molar-refractivity contribution is -0.121. The lowest BCUT2D eigenvalue weighted by Crippen LogP contribution is -2.40. The molecule has 0 radical (unpaired) electrons. The van der Waals surface area contributed by atoms with E-state index < -0.39 is 10.0 Å². The summed E-state index contributed by atoms with van der Waals surface area (Å²) in [5.74, 6) is -0.274. The number of nitrogens with zero attached hydrogens (tertiary/aromatic N) is 1. The molecule has 6 heteroatoms. The third-order valence-corrected chi connectivity index (χ3v) is 4.84. The molecule has 1 N–H and O–H groups in total. The minimum atomic E-state index is -3.62. The molecular formula is C14H22N2O3S. The van der Waals surface area contributed by atoms with Crippen molar-refractivity contribution in [2.45, 2.75) is 32.1 Å². The van der Waals surface area contributed by atoms with E-state index in [-0.39, 0.29) is 23.9 Å². The number of rotatable bonds is 7. The zero-order valence-corrected chi connectivity index (χ0v) is 13.0. The fourth-order valence-electron chi connectivity index (χ4n) is 1.71. The second-order valence-corrected chi connectivity index (χ2v) is 6.53. The molecule has 1 rings (SSSR count). The molecule has 0 aliphatic heterocycles. The van der Waals surface area contributed by atoms with Crippen molar-refractivity contribution in [1.29, 1.82) is 0 Å². The number of likely N-dealkylation sites (N-methyl/N-ethyl adjacent to an activating group) is 1. The Morgan fingerprint density at radius 1 is 1.20 bits per heavy atom. The third kappa shape index (κ3) is 4.31. The van der Waals surface area contributed by atoms with Crippen molar-refractivity contribution in [2.24, 2.45) is 0 Å². The van der Waals surface area contributed by atoms with Crippen molar-refractivity contribution in [2.75, 3.05) is 19.6 Å². The van der Waals surface area contributed by atoms with Crippen LogP contribution in [0.5, 0.6) is 0 Å². The van der Waals surface area contributed by atoms with E-state index in [2.05, 4.69) is 5.32 Å². The normalized spacial score (nSPS) is 11.6. The molecule has 1 aromatic carbocycles. The molecule has 1 amide bonds. The van der Waals surface area contributed by atoms with Gasteiger partial charge in [0.05, 0.1) is 11.4 Å². The Labute approximate surface area is 121 Å². The summed E-state index contributed by atoms with van der Waals surface area (Å²) in [5, 5.41) is 2.68. The third-order valence-electron chi connectivity index (χ3n) is 2.90.